The Labute approximate surface area is 144 Å². The number of hydrogen-bond donors (Lipinski definition) is 1. The van der Waals surface area contributed by atoms with Gasteiger partial charge in [-0.2, -0.15) is 0 Å². The summed E-state index contributed by atoms with van der Waals surface area (Å²) in [5, 5.41) is 10.2. The minimum absolute atomic E-state index is 0.336. The van der Waals surface area contributed by atoms with Crippen molar-refractivity contribution >= 4 is 0 Å². The van der Waals surface area contributed by atoms with Gasteiger partial charge in [-0.15, -0.1) is 0 Å². The van der Waals surface area contributed by atoms with Gasteiger partial charge in [-0.05, 0) is 24.2 Å². The molecule has 6 heteroatoms. The van der Waals surface area contributed by atoms with Crippen molar-refractivity contribution in [3.8, 4) is 11.5 Å². The molecule has 1 atom stereocenters. The van der Waals surface area contributed by atoms with E-state index in [2.05, 4.69) is 16.7 Å². The fourth-order valence-electron chi connectivity index (χ4n) is 2.92. The minimum Gasteiger partial charge on any atom is -0.493 e. The summed E-state index contributed by atoms with van der Waals surface area (Å²) in [6.45, 7) is 8.93. The van der Waals surface area contributed by atoms with E-state index in [1.807, 2.05) is 18.2 Å². The van der Waals surface area contributed by atoms with Crippen LogP contribution >= 0.6 is 0 Å². The third kappa shape index (κ3) is 5.63. The van der Waals surface area contributed by atoms with Gasteiger partial charge in [0, 0.05) is 32.7 Å². The van der Waals surface area contributed by atoms with Crippen LogP contribution in [-0.4, -0.2) is 81.1 Å². The lowest BCUT2D eigenvalue weighted by molar-refractivity contribution is 0.00173. The molecule has 24 heavy (non-hydrogen) atoms. The molecule has 0 radical (unpaired) electrons. The van der Waals surface area contributed by atoms with Gasteiger partial charge in [-0.25, -0.2) is 0 Å². The minimum atomic E-state index is -0.460. The third-order valence-electron chi connectivity index (χ3n) is 4.41. The Bertz CT molecular complexity index is 490. The monoisotopic (exact) mass is 338 g/mol. The predicted octanol–water partition coefficient (Wildman–Crippen LogP) is 1.22. The smallest absolute Gasteiger partial charge is 0.161 e. The van der Waals surface area contributed by atoms with E-state index in [0.29, 0.717) is 31.3 Å². The zero-order valence-corrected chi connectivity index (χ0v) is 15.0. The van der Waals surface area contributed by atoms with E-state index in [0.717, 1.165) is 38.3 Å². The number of nitrogens with zero attached hydrogens (tertiary/aromatic N) is 2. The molecule has 1 aromatic carbocycles. The first-order valence-corrected chi connectivity index (χ1v) is 8.57. The lowest BCUT2D eigenvalue weighted by atomic mass is 10.2. The van der Waals surface area contributed by atoms with Gasteiger partial charge >= 0.3 is 0 Å². The topological polar surface area (TPSA) is 54.4 Å². The molecule has 1 aromatic rings. The number of benzene rings is 1. The van der Waals surface area contributed by atoms with Gasteiger partial charge in [0.1, 0.15) is 0 Å². The van der Waals surface area contributed by atoms with E-state index in [4.69, 9.17) is 14.2 Å². The number of hydrogen-bond acceptors (Lipinski definition) is 6. The van der Waals surface area contributed by atoms with Crippen molar-refractivity contribution in [1.82, 2.24) is 9.80 Å². The Balaban J connectivity index is 1.70. The van der Waals surface area contributed by atoms with Gasteiger partial charge in [0.15, 0.2) is 11.5 Å². The van der Waals surface area contributed by atoms with Crippen molar-refractivity contribution in [1.29, 1.82) is 0 Å². The zero-order chi connectivity index (χ0) is 17.4. The first-order chi connectivity index (χ1) is 11.7. The quantitative estimate of drug-likeness (QED) is 0.731. The summed E-state index contributed by atoms with van der Waals surface area (Å²) < 4.78 is 16.2. The molecule has 0 bridgehead atoms. The summed E-state index contributed by atoms with van der Waals surface area (Å²) in [4.78, 5) is 4.73. The van der Waals surface area contributed by atoms with Crippen LogP contribution in [0.4, 0.5) is 0 Å². The molecule has 1 aliphatic rings. The van der Waals surface area contributed by atoms with Crippen LogP contribution in [0, 0.1) is 0 Å². The maximum absolute atomic E-state index is 10.2. The zero-order valence-electron chi connectivity index (χ0n) is 15.0. The molecular weight excluding hydrogens is 308 g/mol. The second-order valence-electron chi connectivity index (χ2n) is 6.09. The third-order valence-corrected chi connectivity index (χ3v) is 4.41. The summed E-state index contributed by atoms with van der Waals surface area (Å²) in [7, 11) is 3.23. The van der Waals surface area contributed by atoms with Crippen LogP contribution in [0.2, 0.25) is 0 Å². The lowest BCUT2D eigenvalue weighted by Gasteiger charge is -2.34. The Hall–Kier alpha value is -1.34. The molecule has 1 N–H and O–H groups in total. The first-order valence-electron chi connectivity index (χ1n) is 8.57. The summed E-state index contributed by atoms with van der Waals surface area (Å²) in [6, 6.07) is 5.70. The van der Waals surface area contributed by atoms with Crippen LogP contribution in [0.25, 0.3) is 0 Å². The number of rotatable bonds is 9. The summed E-state index contributed by atoms with van der Waals surface area (Å²) in [6.07, 6.45) is -0.460. The standard InChI is InChI=1S/C18H30N2O4/c1-4-19-7-9-20(10-8-19)12-16(21)14-24-13-15-5-6-17(22-2)18(11-15)23-3/h5-6,11,16,21H,4,7-10,12-14H2,1-3H3/t16-/m0/s1. The van der Waals surface area contributed by atoms with Crippen molar-refractivity contribution in [3.63, 3.8) is 0 Å². The van der Waals surface area contributed by atoms with Crippen LogP contribution in [-0.2, 0) is 11.3 Å². The number of β-amino-alcohol motifs (C(OH)–C–C–N with tert-alkyl or cyclic N) is 1. The molecule has 1 fully saturated rings. The molecule has 0 saturated carbocycles. The molecule has 0 unspecified atom stereocenters. The summed E-state index contributed by atoms with van der Waals surface area (Å²) in [5.41, 5.74) is 0.997. The first kappa shape index (κ1) is 19.0. The largest absolute Gasteiger partial charge is 0.493 e. The van der Waals surface area contributed by atoms with Gasteiger partial charge in [0.25, 0.3) is 0 Å². The molecule has 0 aromatic heterocycles. The van der Waals surface area contributed by atoms with Gasteiger partial charge in [0.2, 0.25) is 0 Å². The fraction of sp³-hybridized carbons (Fsp3) is 0.667. The van der Waals surface area contributed by atoms with Gasteiger partial charge in [-0.1, -0.05) is 13.0 Å². The number of likely N-dealkylation sites (N-methyl/N-ethyl adjacent to an activating group) is 1. The van der Waals surface area contributed by atoms with Crippen LogP contribution in [0.1, 0.15) is 12.5 Å². The Morgan fingerprint density at radius 2 is 1.71 bits per heavy atom. The highest BCUT2D eigenvalue weighted by Gasteiger charge is 2.18. The number of piperazine rings is 1. The van der Waals surface area contributed by atoms with Crippen LogP contribution < -0.4 is 9.47 Å². The lowest BCUT2D eigenvalue weighted by Crippen LogP contribution is -2.48. The fourth-order valence-corrected chi connectivity index (χ4v) is 2.92. The number of methoxy groups -OCH3 is 2. The number of ether oxygens (including phenoxy) is 3. The Morgan fingerprint density at radius 3 is 2.33 bits per heavy atom. The Morgan fingerprint density at radius 1 is 1.04 bits per heavy atom. The van der Waals surface area contributed by atoms with E-state index in [9.17, 15) is 5.11 Å². The predicted molar refractivity (Wildman–Crippen MR) is 93.8 cm³/mol. The van der Waals surface area contributed by atoms with Crippen LogP contribution in [0.3, 0.4) is 0 Å². The number of aliphatic hydroxyl groups is 1. The molecule has 0 aliphatic carbocycles. The molecule has 1 saturated heterocycles. The second kappa shape index (κ2) is 9.84. The van der Waals surface area contributed by atoms with Crippen molar-refractivity contribution in [2.24, 2.45) is 0 Å². The van der Waals surface area contributed by atoms with E-state index < -0.39 is 6.10 Å². The molecular formula is C18H30N2O4. The van der Waals surface area contributed by atoms with E-state index in [1.165, 1.54) is 0 Å². The summed E-state index contributed by atoms with van der Waals surface area (Å²) in [5.74, 6) is 1.39. The van der Waals surface area contributed by atoms with Crippen molar-refractivity contribution < 1.29 is 19.3 Å². The SMILES string of the molecule is CCN1CCN(C[C@H](O)COCc2ccc(OC)c(OC)c2)CC1. The maximum Gasteiger partial charge on any atom is 0.161 e. The second-order valence-corrected chi connectivity index (χ2v) is 6.09. The van der Waals surface area contributed by atoms with Gasteiger partial charge < -0.3 is 24.2 Å². The Kier molecular flexibility index (Phi) is 7.78. The molecule has 0 spiro atoms. The summed E-state index contributed by atoms with van der Waals surface area (Å²) >= 11 is 0. The molecule has 6 nitrogen and oxygen atoms in total. The van der Waals surface area contributed by atoms with E-state index >= 15 is 0 Å². The molecule has 1 aliphatic heterocycles. The molecule has 136 valence electrons. The van der Waals surface area contributed by atoms with Gasteiger partial charge in [0.05, 0.1) is 33.5 Å². The van der Waals surface area contributed by atoms with Crippen molar-refractivity contribution in [3.05, 3.63) is 23.8 Å². The normalized spacial score (nSPS) is 17.7. The average Bonchev–Trinajstić information content (AvgIpc) is 2.62. The molecule has 2 rings (SSSR count). The molecule has 0 amide bonds. The van der Waals surface area contributed by atoms with Crippen LogP contribution in [0.15, 0.2) is 18.2 Å². The maximum atomic E-state index is 10.2. The van der Waals surface area contributed by atoms with Gasteiger partial charge in [-0.3, -0.25) is 4.90 Å². The van der Waals surface area contributed by atoms with E-state index in [1.54, 1.807) is 14.2 Å². The van der Waals surface area contributed by atoms with Crippen molar-refractivity contribution in [2.45, 2.75) is 19.6 Å². The number of aliphatic hydroxyl groups excluding tert-OH is 1. The van der Waals surface area contributed by atoms with Crippen LogP contribution in [0.5, 0.6) is 11.5 Å². The van der Waals surface area contributed by atoms with Crippen molar-refractivity contribution in [2.75, 3.05) is 60.1 Å². The van der Waals surface area contributed by atoms with E-state index in [-0.39, 0.29) is 0 Å². The average molecular weight is 338 g/mol. The highest BCUT2D eigenvalue weighted by molar-refractivity contribution is 5.42. The molecule has 1 heterocycles. The highest BCUT2D eigenvalue weighted by atomic mass is 16.5. The highest BCUT2D eigenvalue weighted by Crippen LogP contribution is 2.27.